The Labute approximate surface area is 84.4 Å². The van der Waals surface area contributed by atoms with E-state index in [2.05, 4.69) is 10.2 Å². The highest BCUT2D eigenvalue weighted by atomic mass is 19.1. The van der Waals surface area contributed by atoms with Crippen molar-refractivity contribution in [2.45, 2.75) is 6.92 Å². The van der Waals surface area contributed by atoms with Crippen LogP contribution >= 0.6 is 0 Å². The summed E-state index contributed by atoms with van der Waals surface area (Å²) in [6.07, 6.45) is 0. The van der Waals surface area contributed by atoms with Crippen molar-refractivity contribution in [3.63, 3.8) is 0 Å². The zero-order valence-corrected chi connectivity index (χ0v) is 7.86. The first-order valence-electron chi connectivity index (χ1n) is 4.25. The van der Waals surface area contributed by atoms with Crippen molar-refractivity contribution in [2.24, 2.45) is 0 Å². The van der Waals surface area contributed by atoms with Gasteiger partial charge in [-0.05, 0) is 25.1 Å². The van der Waals surface area contributed by atoms with E-state index in [9.17, 15) is 9.18 Å². The average Bonchev–Trinajstić information content (AvgIpc) is 2.23. The van der Waals surface area contributed by atoms with E-state index in [4.69, 9.17) is 5.11 Å². The maximum absolute atomic E-state index is 13.1. The molecule has 5 heteroatoms. The lowest BCUT2D eigenvalue weighted by molar-refractivity contribution is 0.0697. The number of hydrogen-bond donors (Lipinski definition) is 1. The summed E-state index contributed by atoms with van der Waals surface area (Å²) in [7, 11) is 0. The van der Waals surface area contributed by atoms with Gasteiger partial charge in [-0.15, -0.1) is 10.2 Å². The Bertz CT molecular complexity index is 554. The second-order valence-electron chi connectivity index (χ2n) is 3.15. The molecule has 2 rings (SSSR count). The number of carbonyl (C=O) groups is 1. The average molecular weight is 206 g/mol. The van der Waals surface area contributed by atoms with Gasteiger partial charge in [0.05, 0.1) is 11.1 Å². The first-order chi connectivity index (χ1) is 7.09. The summed E-state index contributed by atoms with van der Waals surface area (Å²) in [5.74, 6) is -1.72. The molecule has 0 radical (unpaired) electrons. The second kappa shape index (κ2) is 3.27. The molecule has 0 fully saturated rings. The maximum Gasteiger partial charge on any atom is 0.335 e. The minimum atomic E-state index is -1.05. The van der Waals surface area contributed by atoms with Crippen LogP contribution in [0.15, 0.2) is 18.2 Å². The third-order valence-electron chi connectivity index (χ3n) is 2.20. The number of fused-ring (bicyclic) bond motifs is 1. The van der Waals surface area contributed by atoms with Crippen LogP contribution in [0, 0.1) is 12.9 Å². The molecule has 0 bridgehead atoms. The summed E-state index contributed by atoms with van der Waals surface area (Å²) in [6.45, 7) is 1.54. The molecule has 1 N–H and O–H groups in total. The van der Waals surface area contributed by atoms with Crippen molar-refractivity contribution in [1.29, 1.82) is 0 Å². The van der Waals surface area contributed by atoms with Crippen LogP contribution in [-0.2, 0) is 0 Å². The Morgan fingerprint density at radius 3 is 2.80 bits per heavy atom. The fourth-order valence-corrected chi connectivity index (χ4v) is 1.34. The molecule has 1 heterocycles. The number of benzene rings is 1. The fraction of sp³-hybridized carbons (Fsp3) is 0.100. The van der Waals surface area contributed by atoms with Crippen molar-refractivity contribution >= 4 is 16.9 Å². The molecule has 0 unspecified atom stereocenters. The van der Waals surface area contributed by atoms with Gasteiger partial charge in [0.15, 0.2) is 0 Å². The number of hydrogen-bond acceptors (Lipinski definition) is 3. The molecule has 4 nitrogen and oxygen atoms in total. The van der Waals surface area contributed by atoms with E-state index in [1.807, 2.05) is 0 Å². The Hall–Kier alpha value is -2.04. The highest BCUT2D eigenvalue weighted by Crippen LogP contribution is 2.18. The number of halogens is 1. The lowest BCUT2D eigenvalue weighted by Crippen LogP contribution is -1.99. The summed E-state index contributed by atoms with van der Waals surface area (Å²) < 4.78 is 13.1. The van der Waals surface area contributed by atoms with Crippen molar-refractivity contribution in [3.8, 4) is 0 Å². The van der Waals surface area contributed by atoms with Gasteiger partial charge in [-0.25, -0.2) is 4.79 Å². The molecule has 0 aliphatic carbocycles. The highest BCUT2D eigenvalue weighted by Gasteiger charge is 2.09. The molecule has 1 aromatic carbocycles. The summed E-state index contributed by atoms with van der Waals surface area (Å²) in [4.78, 5) is 10.7. The number of aryl methyl sites for hydroxylation is 1. The van der Waals surface area contributed by atoms with E-state index < -0.39 is 11.9 Å². The van der Waals surface area contributed by atoms with E-state index in [0.717, 1.165) is 0 Å². The highest BCUT2D eigenvalue weighted by molar-refractivity contribution is 5.94. The quantitative estimate of drug-likeness (QED) is 0.772. The Balaban J connectivity index is 2.79. The van der Waals surface area contributed by atoms with E-state index >= 15 is 0 Å². The van der Waals surface area contributed by atoms with E-state index in [-0.39, 0.29) is 5.56 Å². The van der Waals surface area contributed by atoms with Crippen LogP contribution in [0.2, 0.25) is 0 Å². The monoisotopic (exact) mass is 206 g/mol. The summed E-state index contributed by atoms with van der Waals surface area (Å²) >= 11 is 0. The molecule has 0 amide bonds. The molecular formula is C10H7FN2O2. The SMILES string of the molecule is Cc1c(F)nnc2ccc(C(=O)O)cc12. The van der Waals surface area contributed by atoms with Crippen LogP contribution in [0.3, 0.4) is 0 Å². The summed E-state index contributed by atoms with van der Waals surface area (Å²) in [5, 5.41) is 16.2. The molecule has 0 aliphatic heterocycles. The predicted octanol–water partition coefficient (Wildman–Crippen LogP) is 1.78. The molecule has 0 aliphatic rings. The van der Waals surface area contributed by atoms with Crippen LogP contribution in [0.4, 0.5) is 4.39 Å². The summed E-state index contributed by atoms with van der Waals surface area (Å²) in [5.41, 5.74) is 0.903. The van der Waals surface area contributed by atoms with Gasteiger partial charge in [0.2, 0.25) is 5.95 Å². The normalized spacial score (nSPS) is 10.5. The maximum atomic E-state index is 13.1. The molecule has 0 saturated heterocycles. The van der Waals surface area contributed by atoms with Crippen LogP contribution in [0.1, 0.15) is 15.9 Å². The fourth-order valence-electron chi connectivity index (χ4n) is 1.34. The first-order valence-corrected chi connectivity index (χ1v) is 4.25. The Morgan fingerprint density at radius 1 is 1.40 bits per heavy atom. The van der Waals surface area contributed by atoms with Crippen molar-refractivity contribution in [1.82, 2.24) is 10.2 Å². The van der Waals surface area contributed by atoms with E-state index in [0.29, 0.717) is 16.5 Å². The van der Waals surface area contributed by atoms with E-state index in [1.54, 1.807) is 0 Å². The van der Waals surface area contributed by atoms with Crippen molar-refractivity contribution in [3.05, 3.63) is 35.3 Å². The van der Waals surface area contributed by atoms with Crippen molar-refractivity contribution in [2.75, 3.05) is 0 Å². The summed E-state index contributed by atoms with van der Waals surface area (Å²) in [6, 6.07) is 4.32. The minimum Gasteiger partial charge on any atom is -0.478 e. The van der Waals surface area contributed by atoms with Crippen molar-refractivity contribution < 1.29 is 14.3 Å². The smallest absolute Gasteiger partial charge is 0.335 e. The van der Waals surface area contributed by atoms with Gasteiger partial charge in [0.1, 0.15) is 0 Å². The third-order valence-corrected chi connectivity index (χ3v) is 2.20. The third kappa shape index (κ3) is 1.52. The van der Waals surface area contributed by atoms with Gasteiger partial charge in [-0.1, -0.05) is 0 Å². The topological polar surface area (TPSA) is 63.1 Å². The van der Waals surface area contributed by atoms with Gasteiger partial charge in [0, 0.05) is 10.9 Å². The predicted molar refractivity (Wildman–Crippen MR) is 51.2 cm³/mol. The first kappa shape index (κ1) is 9.51. The second-order valence-corrected chi connectivity index (χ2v) is 3.15. The largest absolute Gasteiger partial charge is 0.478 e. The Kier molecular flexibility index (Phi) is 2.07. The van der Waals surface area contributed by atoms with Gasteiger partial charge >= 0.3 is 5.97 Å². The molecule has 76 valence electrons. The number of rotatable bonds is 1. The standard InChI is InChI=1S/C10H7FN2O2/c1-5-7-4-6(10(14)15)2-3-8(7)12-13-9(5)11/h2-4H,1H3,(H,14,15). The van der Waals surface area contributed by atoms with Gasteiger partial charge in [0.25, 0.3) is 0 Å². The molecular weight excluding hydrogens is 199 g/mol. The molecule has 15 heavy (non-hydrogen) atoms. The van der Waals surface area contributed by atoms with Crippen LogP contribution < -0.4 is 0 Å². The van der Waals surface area contributed by atoms with Gasteiger partial charge in [-0.2, -0.15) is 4.39 Å². The van der Waals surface area contributed by atoms with Gasteiger partial charge in [-0.3, -0.25) is 0 Å². The molecule has 0 spiro atoms. The molecule has 0 atom stereocenters. The van der Waals surface area contributed by atoms with E-state index in [1.165, 1.54) is 25.1 Å². The molecule has 2 aromatic rings. The number of carboxylic acid groups (broad SMARTS) is 1. The zero-order valence-electron chi connectivity index (χ0n) is 7.86. The lowest BCUT2D eigenvalue weighted by atomic mass is 10.1. The van der Waals surface area contributed by atoms with Crippen LogP contribution in [0.5, 0.6) is 0 Å². The van der Waals surface area contributed by atoms with Gasteiger partial charge < -0.3 is 5.11 Å². The number of carboxylic acids is 1. The Morgan fingerprint density at radius 2 is 2.13 bits per heavy atom. The molecule has 0 saturated carbocycles. The van der Waals surface area contributed by atoms with Crippen LogP contribution in [0.25, 0.3) is 10.9 Å². The minimum absolute atomic E-state index is 0.109. The number of aromatic nitrogens is 2. The lowest BCUT2D eigenvalue weighted by Gasteiger charge is -2.02. The zero-order chi connectivity index (χ0) is 11.0. The molecule has 1 aromatic heterocycles. The number of nitrogens with zero attached hydrogens (tertiary/aromatic N) is 2. The van der Waals surface area contributed by atoms with Crippen LogP contribution in [-0.4, -0.2) is 21.3 Å². The number of aromatic carboxylic acids is 1.